The molecule has 0 amide bonds. The molecule has 0 unspecified atom stereocenters. The van der Waals surface area contributed by atoms with Crippen LogP contribution in [0.2, 0.25) is 0 Å². The third-order valence-electron chi connectivity index (χ3n) is 8.79. The number of quaternary nitrogens is 1. The largest absolute Gasteiger partial charge is 0.456 e. The van der Waals surface area contributed by atoms with Crippen molar-refractivity contribution in [3.63, 3.8) is 0 Å². The molecule has 4 heterocycles. The van der Waals surface area contributed by atoms with Crippen LogP contribution in [0.1, 0.15) is 68.2 Å². The Labute approximate surface area is 202 Å². The van der Waals surface area contributed by atoms with E-state index in [0.29, 0.717) is 5.56 Å². The maximum atomic E-state index is 13.7. The zero-order valence-electron chi connectivity index (χ0n) is 19.7. The van der Waals surface area contributed by atoms with Gasteiger partial charge in [-0.15, -0.1) is 11.3 Å². The number of hydrogen-bond donors (Lipinski definition) is 1. The van der Waals surface area contributed by atoms with Crippen molar-refractivity contribution in [1.82, 2.24) is 0 Å². The van der Waals surface area contributed by atoms with E-state index in [1.807, 2.05) is 41.7 Å². The molecule has 3 aliphatic heterocycles. The number of nitrogens with zero attached hydrogens (tertiary/aromatic N) is 1. The van der Waals surface area contributed by atoms with Crippen LogP contribution in [-0.4, -0.2) is 47.3 Å². The topological polar surface area (TPSA) is 46.5 Å². The Bertz CT molecular complexity index is 897. The van der Waals surface area contributed by atoms with E-state index in [0.717, 1.165) is 64.6 Å². The molecule has 0 radical (unpaired) electrons. The van der Waals surface area contributed by atoms with Crippen molar-refractivity contribution in [2.24, 2.45) is 5.92 Å². The molecule has 2 bridgehead atoms. The molecule has 5 heteroatoms. The highest BCUT2D eigenvalue weighted by Gasteiger charge is 2.55. The predicted molar refractivity (Wildman–Crippen MR) is 132 cm³/mol. The van der Waals surface area contributed by atoms with Crippen LogP contribution in [-0.2, 0) is 21.6 Å². The van der Waals surface area contributed by atoms with Gasteiger partial charge >= 0.3 is 5.97 Å². The van der Waals surface area contributed by atoms with Gasteiger partial charge in [-0.05, 0) is 36.3 Å². The second-order valence-corrected chi connectivity index (χ2v) is 11.7. The van der Waals surface area contributed by atoms with Gasteiger partial charge in [0.2, 0.25) is 0 Å². The summed E-state index contributed by atoms with van der Waals surface area (Å²) in [6.45, 7) is 4.48. The molecule has 0 spiro atoms. The van der Waals surface area contributed by atoms with E-state index in [1.165, 1.54) is 35.2 Å². The monoisotopic (exact) mass is 468 g/mol. The summed E-state index contributed by atoms with van der Waals surface area (Å²) in [6.07, 6.45) is 10.3. The second-order valence-electron chi connectivity index (χ2n) is 10.7. The van der Waals surface area contributed by atoms with Crippen LogP contribution < -0.4 is 0 Å². The lowest BCUT2D eigenvalue weighted by molar-refractivity contribution is -0.944. The van der Waals surface area contributed by atoms with Gasteiger partial charge in [0.1, 0.15) is 5.60 Å². The molecule has 6 rings (SSSR count). The molecule has 1 aromatic carbocycles. The van der Waals surface area contributed by atoms with E-state index < -0.39 is 11.6 Å². The van der Waals surface area contributed by atoms with Crippen LogP contribution in [0.3, 0.4) is 0 Å². The van der Waals surface area contributed by atoms with Crippen molar-refractivity contribution < 1.29 is 19.1 Å². The third-order valence-corrected chi connectivity index (χ3v) is 9.73. The average molecular weight is 469 g/mol. The number of carbonyl (C=O) groups is 1. The quantitative estimate of drug-likeness (QED) is 0.414. The van der Waals surface area contributed by atoms with Gasteiger partial charge in [-0.1, -0.05) is 55.7 Å². The first-order valence-electron chi connectivity index (χ1n) is 12.9. The fourth-order valence-electron chi connectivity index (χ4n) is 6.57. The highest BCUT2D eigenvalue weighted by atomic mass is 32.1. The van der Waals surface area contributed by atoms with Crippen LogP contribution in [0.15, 0.2) is 47.8 Å². The van der Waals surface area contributed by atoms with Crippen LogP contribution >= 0.6 is 11.3 Å². The number of hydrogen-bond acceptors (Lipinski definition) is 4. The number of aryl methyl sites for hydroxylation is 1. The molecule has 1 saturated carbocycles. The van der Waals surface area contributed by atoms with Crippen molar-refractivity contribution in [3.8, 4) is 0 Å². The molecule has 2 aromatic rings. The van der Waals surface area contributed by atoms with Crippen LogP contribution in [0.5, 0.6) is 0 Å². The molecular weight excluding hydrogens is 430 g/mol. The van der Waals surface area contributed by atoms with Crippen molar-refractivity contribution >= 4 is 17.3 Å². The van der Waals surface area contributed by atoms with E-state index >= 15 is 0 Å². The molecule has 33 heavy (non-hydrogen) atoms. The molecule has 178 valence electrons. The minimum atomic E-state index is -1.53. The number of aliphatic hydroxyl groups is 1. The normalized spacial score (nSPS) is 29.5. The highest BCUT2D eigenvalue weighted by Crippen LogP contribution is 2.45. The summed E-state index contributed by atoms with van der Waals surface area (Å²) in [7, 11) is 0. The van der Waals surface area contributed by atoms with Crippen molar-refractivity contribution in [2.75, 3.05) is 26.2 Å². The van der Waals surface area contributed by atoms with E-state index in [2.05, 4.69) is 17.5 Å². The standard InChI is InChI=1S/C28H38NO3S/c30-26(28(31,23-9-3-1-4-10-23)24-11-5-2-6-12-24)32-27-15-19-29(20-16-27,21-17-27)18-7-13-25-14-8-22-33-25/h1,3-4,8-10,14,22,24,31H,2,5-7,11-13,15-21H2/q+1/t27?,28-,29?/m1/s1. The molecule has 4 aliphatic rings. The summed E-state index contributed by atoms with van der Waals surface area (Å²) in [4.78, 5) is 15.2. The van der Waals surface area contributed by atoms with Crippen molar-refractivity contribution in [2.45, 2.75) is 75.4 Å². The van der Waals surface area contributed by atoms with E-state index in [9.17, 15) is 9.90 Å². The minimum absolute atomic E-state index is 0.0585. The number of rotatable bonds is 8. The van der Waals surface area contributed by atoms with E-state index in [1.54, 1.807) is 0 Å². The van der Waals surface area contributed by atoms with Gasteiger partial charge in [0.25, 0.3) is 0 Å². The van der Waals surface area contributed by atoms with Crippen LogP contribution in [0.4, 0.5) is 0 Å². The van der Waals surface area contributed by atoms with Crippen LogP contribution in [0, 0.1) is 5.92 Å². The SMILES string of the molecule is O=C(OC12CC[N+](CCCc3cccs3)(CC1)CC2)[C@@](O)(c1ccccc1)C1CCCCC1. The predicted octanol–water partition coefficient (Wildman–Crippen LogP) is 5.45. The summed E-state index contributed by atoms with van der Waals surface area (Å²) in [5.41, 5.74) is -1.22. The number of benzene rings is 1. The smallest absolute Gasteiger partial charge is 0.343 e. The van der Waals surface area contributed by atoms with Crippen LogP contribution in [0.25, 0.3) is 0 Å². The van der Waals surface area contributed by atoms with Gasteiger partial charge in [0, 0.05) is 36.5 Å². The molecule has 4 fully saturated rings. The Hall–Kier alpha value is -1.69. The summed E-state index contributed by atoms with van der Waals surface area (Å²) >= 11 is 1.86. The lowest BCUT2D eigenvalue weighted by Crippen LogP contribution is -2.66. The lowest BCUT2D eigenvalue weighted by Gasteiger charge is -2.54. The van der Waals surface area contributed by atoms with Gasteiger partial charge in [0.05, 0.1) is 26.2 Å². The molecule has 1 atom stereocenters. The first-order valence-corrected chi connectivity index (χ1v) is 13.8. The minimum Gasteiger partial charge on any atom is -0.456 e. The summed E-state index contributed by atoms with van der Waals surface area (Å²) in [5.74, 6) is -0.461. The Balaban J connectivity index is 1.25. The third kappa shape index (κ3) is 4.65. The molecule has 1 N–H and O–H groups in total. The summed E-state index contributed by atoms with van der Waals surface area (Å²) < 4.78 is 7.53. The summed E-state index contributed by atoms with van der Waals surface area (Å²) in [6, 6.07) is 13.9. The molecule has 1 aliphatic carbocycles. The Morgan fingerprint density at radius 1 is 1.03 bits per heavy atom. The maximum absolute atomic E-state index is 13.7. The highest BCUT2D eigenvalue weighted by molar-refractivity contribution is 7.09. The van der Waals surface area contributed by atoms with E-state index in [4.69, 9.17) is 4.74 Å². The summed E-state index contributed by atoms with van der Waals surface area (Å²) in [5, 5.41) is 14.1. The number of thiophene rings is 1. The number of fused-ring (bicyclic) bond motifs is 3. The Morgan fingerprint density at radius 2 is 1.73 bits per heavy atom. The van der Waals surface area contributed by atoms with Gasteiger partial charge in [0.15, 0.2) is 5.60 Å². The zero-order chi connectivity index (χ0) is 22.8. The number of piperidine rings is 3. The first kappa shape index (κ1) is 23.1. The molecule has 4 nitrogen and oxygen atoms in total. The first-order chi connectivity index (χ1) is 16.0. The zero-order valence-corrected chi connectivity index (χ0v) is 20.5. The van der Waals surface area contributed by atoms with Gasteiger partial charge in [-0.2, -0.15) is 0 Å². The fraction of sp³-hybridized carbons (Fsp3) is 0.607. The van der Waals surface area contributed by atoms with Crippen molar-refractivity contribution in [3.05, 3.63) is 58.3 Å². The lowest BCUT2D eigenvalue weighted by atomic mass is 9.73. The second kappa shape index (κ2) is 9.52. The fourth-order valence-corrected chi connectivity index (χ4v) is 7.32. The molecular formula is C28H38NO3S+. The van der Waals surface area contributed by atoms with Gasteiger partial charge in [-0.3, -0.25) is 0 Å². The number of esters is 1. The average Bonchev–Trinajstić information content (AvgIpc) is 3.39. The molecule has 3 saturated heterocycles. The van der Waals surface area contributed by atoms with Gasteiger partial charge in [-0.25, -0.2) is 4.79 Å². The number of carbonyl (C=O) groups excluding carboxylic acids is 1. The molecule has 1 aromatic heterocycles. The Morgan fingerprint density at radius 3 is 2.36 bits per heavy atom. The Kier molecular flexibility index (Phi) is 6.65. The van der Waals surface area contributed by atoms with E-state index in [-0.39, 0.29) is 11.5 Å². The van der Waals surface area contributed by atoms with Gasteiger partial charge < -0.3 is 14.3 Å². The maximum Gasteiger partial charge on any atom is 0.343 e. The van der Waals surface area contributed by atoms with Crippen molar-refractivity contribution in [1.29, 1.82) is 0 Å². The number of ether oxygens (including phenoxy) is 1.